The number of carbonyl (C=O) groups is 2. The smallest absolute Gasteiger partial charge is 0.318 e. The molecule has 0 spiro atoms. The Bertz CT molecular complexity index is 549. The number of thioether (sulfide) groups is 1. The van der Waals surface area contributed by atoms with E-state index in [4.69, 9.17) is 5.73 Å². The Balaban J connectivity index is 2.17. The lowest BCUT2D eigenvalue weighted by Gasteiger charge is -2.18. The fourth-order valence-electron chi connectivity index (χ4n) is 2.71. The standard InChI is InChI=1S/C14H22N4O2S/c1-8-9(2)18(11-6-4-5-7-11)14(16-8)21-10(3)12(19)17-13(15)20/h10-11H,4-7H2,1-3H3,(H3,15,17,19,20)/t10-/m1/s1. The van der Waals surface area contributed by atoms with Gasteiger partial charge in [0.2, 0.25) is 5.91 Å². The van der Waals surface area contributed by atoms with E-state index in [1.807, 2.05) is 6.92 Å². The average Bonchev–Trinajstić information content (AvgIpc) is 2.98. The van der Waals surface area contributed by atoms with Gasteiger partial charge in [-0.25, -0.2) is 9.78 Å². The molecule has 0 unspecified atom stereocenters. The summed E-state index contributed by atoms with van der Waals surface area (Å²) in [5.74, 6) is -0.385. The molecule has 1 saturated carbocycles. The van der Waals surface area contributed by atoms with Crippen LogP contribution in [-0.2, 0) is 4.79 Å². The first-order valence-electron chi connectivity index (χ1n) is 7.22. The predicted octanol–water partition coefficient (Wildman–Crippen LogP) is 2.29. The van der Waals surface area contributed by atoms with Gasteiger partial charge in [-0.1, -0.05) is 24.6 Å². The number of primary amides is 1. The lowest BCUT2D eigenvalue weighted by molar-refractivity contribution is -0.119. The summed E-state index contributed by atoms with van der Waals surface area (Å²) in [5.41, 5.74) is 7.13. The van der Waals surface area contributed by atoms with Gasteiger partial charge in [0.05, 0.1) is 10.9 Å². The van der Waals surface area contributed by atoms with Gasteiger partial charge in [0.1, 0.15) is 0 Å². The largest absolute Gasteiger partial charge is 0.351 e. The summed E-state index contributed by atoms with van der Waals surface area (Å²) in [5, 5.41) is 2.55. The predicted molar refractivity (Wildman–Crippen MR) is 82.3 cm³/mol. The van der Waals surface area contributed by atoms with Crippen molar-refractivity contribution in [1.29, 1.82) is 0 Å². The SMILES string of the molecule is Cc1nc(S[C@H](C)C(=O)NC(N)=O)n(C2CCCC2)c1C. The lowest BCUT2D eigenvalue weighted by atomic mass is 10.2. The normalized spacial score (nSPS) is 16.9. The van der Waals surface area contributed by atoms with Crippen LogP contribution in [0.1, 0.15) is 50.0 Å². The minimum Gasteiger partial charge on any atom is -0.351 e. The molecule has 6 nitrogen and oxygen atoms in total. The number of carbonyl (C=O) groups excluding carboxylic acids is 2. The van der Waals surface area contributed by atoms with Crippen molar-refractivity contribution < 1.29 is 9.59 Å². The molecule has 1 fully saturated rings. The number of nitrogens with two attached hydrogens (primary N) is 1. The van der Waals surface area contributed by atoms with Gasteiger partial charge < -0.3 is 10.3 Å². The maximum absolute atomic E-state index is 11.8. The number of aromatic nitrogens is 2. The van der Waals surface area contributed by atoms with E-state index in [0.717, 1.165) is 29.4 Å². The second kappa shape index (κ2) is 6.51. The molecule has 1 heterocycles. The van der Waals surface area contributed by atoms with Crippen LogP contribution in [0.4, 0.5) is 4.79 Å². The number of hydrogen-bond acceptors (Lipinski definition) is 4. The number of urea groups is 1. The third kappa shape index (κ3) is 3.58. The lowest BCUT2D eigenvalue weighted by Crippen LogP contribution is -2.39. The highest BCUT2D eigenvalue weighted by molar-refractivity contribution is 8.00. The van der Waals surface area contributed by atoms with E-state index >= 15 is 0 Å². The zero-order chi connectivity index (χ0) is 15.6. The van der Waals surface area contributed by atoms with E-state index < -0.39 is 11.3 Å². The van der Waals surface area contributed by atoms with Crippen molar-refractivity contribution in [2.75, 3.05) is 0 Å². The summed E-state index contributed by atoms with van der Waals surface area (Å²) in [6, 6.07) is -0.348. The van der Waals surface area contributed by atoms with E-state index in [9.17, 15) is 9.59 Å². The number of nitrogens with one attached hydrogen (secondary N) is 1. The molecule has 0 saturated heterocycles. The second-order valence-electron chi connectivity index (χ2n) is 5.49. The molecule has 0 radical (unpaired) electrons. The third-order valence-electron chi connectivity index (χ3n) is 3.94. The molecule has 7 heteroatoms. The monoisotopic (exact) mass is 310 g/mol. The van der Waals surface area contributed by atoms with Gasteiger partial charge in [-0.15, -0.1) is 0 Å². The molecule has 0 aromatic carbocycles. The van der Waals surface area contributed by atoms with Gasteiger partial charge in [-0.3, -0.25) is 10.1 Å². The van der Waals surface area contributed by atoms with Gasteiger partial charge >= 0.3 is 6.03 Å². The van der Waals surface area contributed by atoms with Gasteiger partial charge in [0, 0.05) is 11.7 Å². The Morgan fingerprint density at radius 2 is 2.00 bits per heavy atom. The van der Waals surface area contributed by atoms with Crippen LogP contribution in [0.25, 0.3) is 0 Å². The van der Waals surface area contributed by atoms with Crippen molar-refractivity contribution in [3.63, 3.8) is 0 Å². The molecule has 116 valence electrons. The van der Waals surface area contributed by atoms with E-state index in [0.29, 0.717) is 6.04 Å². The molecule has 1 aliphatic rings. The van der Waals surface area contributed by atoms with Crippen LogP contribution in [0.15, 0.2) is 5.16 Å². The van der Waals surface area contributed by atoms with Crippen LogP contribution < -0.4 is 11.1 Å². The van der Waals surface area contributed by atoms with E-state index in [1.165, 1.54) is 24.6 Å². The van der Waals surface area contributed by atoms with Crippen LogP contribution in [0.3, 0.4) is 0 Å². The summed E-state index contributed by atoms with van der Waals surface area (Å²) in [6.07, 6.45) is 4.80. The molecule has 1 aromatic heterocycles. The molecule has 0 aliphatic heterocycles. The number of nitrogens with zero attached hydrogens (tertiary/aromatic N) is 2. The Morgan fingerprint density at radius 3 is 2.57 bits per heavy atom. The molecule has 21 heavy (non-hydrogen) atoms. The zero-order valence-corrected chi connectivity index (χ0v) is 13.5. The molecule has 2 rings (SSSR count). The number of hydrogen-bond donors (Lipinski definition) is 2. The van der Waals surface area contributed by atoms with Gasteiger partial charge in [-0.05, 0) is 33.6 Å². The van der Waals surface area contributed by atoms with Crippen molar-refractivity contribution in [3.05, 3.63) is 11.4 Å². The van der Waals surface area contributed by atoms with Crippen molar-refractivity contribution >= 4 is 23.7 Å². The highest BCUT2D eigenvalue weighted by Gasteiger charge is 2.26. The molecular formula is C14H22N4O2S. The average molecular weight is 310 g/mol. The van der Waals surface area contributed by atoms with Crippen LogP contribution >= 0.6 is 11.8 Å². The number of rotatable bonds is 4. The first-order valence-corrected chi connectivity index (χ1v) is 8.10. The molecule has 3 amide bonds. The van der Waals surface area contributed by atoms with Crippen molar-refractivity contribution in [1.82, 2.24) is 14.9 Å². The van der Waals surface area contributed by atoms with Crippen LogP contribution in [0.5, 0.6) is 0 Å². The Kier molecular flexibility index (Phi) is 4.92. The summed E-state index contributed by atoms with van der Waals surface area (Å²) < 4.78 is 2.25. The van der Waals surface area contributed by atoms with Gasteiger partial charge in [0.15, 0.2) is 5.16 Å². The highest BCUT2D eigenvalue weighted by atomic mass is 32.2. The zero-order valence-electron chi connectivity index (χ0n) is 12.7. The Morgan fingerprint density at radius 1 is 1.38 bits per heavy atom. The summed E-state index contributed by atoms with van der Waals surface area (Å²) >= 11 is 1.37. The summed E-state index contributed by atoms with van der Waals surface area (Å²) in [7, 11) is 0. The molecule has 3 N–H and O–H groups in total. The van der Waals surface area contributed by atoms with Gasteiger partial charge in [-0.2, -0.15) is 0 Å². The molecule has 1 atom stereocenters. The van der Waals surface area contributed by atoms with Crippen LogP contribution in [0.2, 0.25) is 0 Å². The van der Waals surface area contributed by atoms with E-state index in [1.54, 1.807) is 6.92 Å². The number of amides is 3. The maximum Gasteiger partial charge on any atom is 0.318 e. The number of aryl methyl sites for hydroxylation is 1. The molecule has 0 bridgehead atoms. The number of imide groups is 1. The Labute approximate surface area is 128 Å². The maximum atomic E-state index is 11.8. The molecule has 1 aliphatic carbocycles. The minimum atomic E-state index is -0.820. The first-order chi connectivity index (χ1) is 9.90. The van der Waals surface area contributed by atoms with Crippen molar-refractivity contribution in [2.45, 2.75) is 62.9 Å². The Hall–Kier alpha value is -1.50. The van der Waals surface area contributed by atoms with Crippen LogP contribution in [-0.4, -0.2) is 26.7 Å². The first kappa shape index (κ1) is 15.9. The molecular weight excluding hydrogens is 288 g/mol. The topological polar surface area (TPSA) is 90.0 Å². The quantitative estimate of drug-likeness (QED) is 0.835. The second-order valence-corrected chi connectivity index (χ2v) is 6.80. The van der Waals surface area contributed by atoms with Crippen LogP contribution in [0, 0.1) is 13.8 Å². The summed E-state index contributed by atoms with van der Waals surface area (Å²) in [4.78, 5) is 27.2. The number of imidazole rings is 1. The highest BCUT2D eigenvalue weighted by Crippen LogP contribution is 2.36. The third-order valence-corrected chi connectivity index (χ3v) is 5.01. The van der Waals surface area contributed by atoms with Crippen molar-refractivity contribution in [2.24, 2.45) is 5.73 Å². The summed E-state index contributed by atoms with van der Waals surface area (Å²) in [6.45, 7) is 5.80. The van der Waals surface area contributed by atoms with Crippen molar-refractivity contribution in [3.8, 4) is 0 Å². The minimum absolute atomic E-state index is 0.385. The van der Waals surface area contributed by atoms with E-state index in [-0.39, 0.29) is 5.91 Å². The fourth-order valence-corrected chi connectivity index (χ4v) is 3.78. The fraction of sp³-hybridized carbons (Fsp3) is 0.643. The molecule has 1 aromatic rings. The van der Waals surface area contributed by atoms with E-state index in [2.05, 4.69) is 21.8 Å². The van der Waals surface area contributed by atoms with Gasteiger partial charge in [0.25, 0.3) is 0 Å².